The third-order valence-electron chi connectivity index (χ3n) is 3.01. The number of hydrogen-bond donors (Lipinski definition) is 0. The van der Waals surface area contributed by atoms with E-state index in [9.17, 15) is 0 Å². The number of aryl methyl sites for hydroxylation is 1. The third kappa shape index (κ3) is 6.32. The van der Waals surface area contributed by atoms with Crippen molar-refractivity contribution in [3.05, 3.63) is 16.2 Å². The fourth-order valence-electron chi connectivity index (χ4n) is 1.62. The van der Waals surface area contributed by atoms with Crippen molar-refractivity contribution in [2.24, 2.45) is 4.99 Å². The van der Waals surface area contributed by atoms with Crippen LogP contribution in [0, 0.1) is 6.92 Å². The van der Waals surface area contributed by atoms with Gasteiger partial charge in [-0.05, 0) is 49.2 Å². The maximum absolute atomic E-state index is 5.83. The maximum atomic E-state index is 5.83. The molecule has 22 heavy (non-hydrogen) atoms. The number of hydrogen-bond acceptors (Lipinski definition) is 4. The zero-order valence-corrected chi connectivity index (χ0v) is 15.7. The second-order valence-electron chi connectivity index (χ2n) is 5.20. The maximum Gasteiger partial charge on any atom is 0.228 e. The summed E-state index contributed by atoms with van der Waals surface area (Å²) in [5.41, 5.74) is 1.66. The number of halogens is 1. The SMILES string of the molecule is CCCOCC(C)Oc1nc(C)c(/N=C/N(C)CC)cc1Br. The van der Waals surface area contributed by atoms with Crippen LogP contribution in [0.2, 0.25) is 0 Å². The normalized spacial score (nSPS) is 12.6. The first-order chi connectivity index (χ1) is 10.5. The van der Waals surface area contributed by atoms with Crippen molar-refractivity contribution in [2.45, 2.75) is 40.2 Å². The number of nitrogens with zero attached hydrogens (tertiary/aromatic N) is 3. The summed E-state index contributed by atoms with van der Waals surface area (Å²) < 4.78 is 12.1. The first-order valence-corrected chi connectivity index (χ1v) is 8.43. The van der Waals surface area contributed by atoms with Gasteiger partial charge in [-0.15, -0.1) is 0 Å². The van der Waals surface area contributed by atoms with Crippen molar-refractivity contribution in [1.29, 1.82) is 0 Å². The smallest absolute Gasteiger partial charge is 0.228 e. The number of rotatable bonds is 9. The molecule has 1 heterocycles. The van der Waals surface area contributed by atoms with Gasteiger partial charge in [-0.1, -0.05) is 6.92 Å². The Kier molecular flexibility index (Phi) is 8.42. The summed E-state index contributed by atoms with van der Waals surface area (Å²) in [6.45, 7) is 10.3. The van der Waals surface area contributed by atoms with Crippen LogP contribution >= 0.6 is 15.9 Å². The van der Waals surface area contributed by atoms with Gasteiger partial charge in [-0.2, -0.15) is 0 Å². The van der Waals surface area contributed by atoms with Crippen LogP contribution < -0.4 is 4.74 Å². The molecular formula is C16H26BrN3O2. The van der Waals surface area contributed by atoms with Crippen LogP contribution in [0.3, 0.4) is 0 Å². The van der Waals surface area contributed by atoms with Crippen LogP contribution in [0.25, 0.3) is 0 Å². The van der Waals surface area contributed by atoms with Crippen molar-refractivity contribution in [1.82, 2.24) is 9.88 Å². The van der Waals surface area contributed by atoms with Gasteiger partial charge in [-0.3, -0.25) is 0 Å². The Hall–Kier alpha value is -1.14. The summed E-state index contributed by atoms with van der Waals surface area (Å²) in [6, 6.07) is 1.93. The molecule has 0 saturated carbocycles. The topological polar surface area (TPSA) is 47.0 Å². The molecule has 0 fully saturated rings. The second-order valence-corrected chi connectivity index (χ2v) is 6.06. The summed E-state index contributed by atoms with van der Waals surface area (Å²) in [4.78, 5) is 10.9. The molecule has 5 nitrogen and oxygen atoms in total. The highest BCUT2D eigenvalue weighted by molar-refractivity contribution is 9.10. The predicted molar refractivity (Wildman–Crippen MR) is 94.3 cm³/mol. The minimum Gasteiger partial charge on any atom is -0.471 e. The van der Waals surface area contributed by atoms with Gasteiger partial charge in [0, 0.05) is 20.2 Å². The highest BCUT2D eigenvalue weighted by atomic mass is 79.9. The third-order valence-corrected chi connectivity index (χ3v) is 3.58. The lowest BCUT2D eigenvalue weighted by Gasteiger charge is -2.16. The minimum absolute atomic E-state index is 0.0460. The van der Waals surface area contributed by atoms with Crippen molar-refractivity contribution in [3.8, 4) is 5.88 Å². The Morgan fingerprint density at radius 2 is 2.18 bits per heavy atom. The molecule has 0 spiro atoms. The van der Waals surface area contributed by atoms with Crippen LogP contribution in [-0.4, -0.2) is 49.1 Å². The van der Waals surface area contributed by atoms with Crippen LogP contribution in [0.15, 0.2) is 15.5 Å². The summed E-state index contributed by atoms with van der Waals surface area (Å²) >= 11 is 3.50. The van der Waals surface area contributed by atoms with E-state index in [2.05, 4.69) is 39.8 Å². The summed E-state index contributed by atoms with van der Waals surface area (Å²) in [7, 11) is 1.98. The van der Waals surface area contributed by atoms with Gasteiger partial charge in [-0.25, -0.2) is 9.98 Å². The Labute approximate surface area is 141 Å². The molecule has 0 radical (unpaired) electrons. The number of ether oxygens (including phenoxy) is 2. The molecule has 1 aromatic rings. The molecule has 1 atom stereocenters. The molecule has 1 rings (SSSR count). The molecule has 0 aliphatic heterocycles. The van der Waals surface area contributed by atoms with Gasteiger partial charge in [0.2, 0.25) is 5.88 Å². The van der Waals surface area contributed by atoms with Crippen LogP contribution in [0.4, 0.5) is 5.69 Å². The van der Waals surface area contributed by atoms with Crippen molar-refractivity contribution in [3.63, 3.8) is 0 Å². The lowest BCUT2D eigenvalue weighted by atomic mass is 10.3. The van der Waals surface area contributed by atoms with Crippen LogP contribution in [0.5, 0.6) is 5.88 Å². The molecule has 1 unspecified atom stereocenters. The Morgan fingerprint density at radius 1 is 1.45 bits per heavy atom. The number of aromatic nitrogens is 1. The van der Waals surface area contributed by atoms with E-state index in [-0.39, 0.29) is 6.10 Å². The average Bonchev–Trinajstić information content (AvgIpc) is 2.49. The average molecular weight is 372 g/mol. The van der Waals surface area contributed by atoms with Crippen LogP contribution in [-0.2, 0) is 4.74 Å². The molecule has 0 N–H and O–H groups in total. The fourth-order valence-corrected chi connectivity index (χ4v) is 2.02. The first kappa shape index (κ1) is 18.9. The van der Waals surface area contributed by atoms with Crippen molar-refractivity contribution >= 4 is 28.0 Å². The molecule has 124 valence electrons. The zero-order chi connectivity index (χ0) is 16.5. The summed E-state index contributed by atoms with van der Waals surface area (Å²) in [5, 5.41) is 0. The quantitative estimate of drug-likeness (QED) is 0.374. The molecule has 0 amide bonds. The lowest BCUT2D eigenvalue weighted by Crippen LogP contribution is -2.20. The standard InChI is InChI=1S/C16H26BrN3O2/c1-6-8-21-10-12(3)22-16-14(17)9-15(13(4)19-16)18-11-20(5)7-2/h9,11-12H,6-8,10H2,1-5H3/b18-11+. The van der Waals surface area contributed by atoms with E-state index in [1.165, 1.54) is 0 Å². The van der Waals surface area contributed by atoms with Gasteiger partial charge in [0.05, 0.1) is 28.8 Å². The van der Waals surface area contributed by atoms with E-state index in [1.807, 2.05) is 31.9 Å². The van der Waals surface area contributed by atoms with Crippen molar-refractivity contribution < 1.29 is 9.47 Å². The molecular weight excluding hydrogens is 346 g/mol. The van der Waals surface area contributed by atoms with E-state index in [0.717, 1.165) is 35.4 Å². The largest absolute Gasteiger partial charge is 0.471 e. The summed E-state index contributed by atoms with van der Waals surface area (Å²) in [6.07, 6.45) is 2.76. The van der Waals surface area contributed by atoms with E-state index in [4.69, 9.17) is 9.47 Å². The predicted octanol–water partition coefficient (Wildman–Crippen LogP) is 3.96. The Bertz CT molecular complexity index is 495. The van der Waals surface area contributed by atoms with E-state index >= 15 is 0 Å². The highest BCUT2D eigenvalue weighted by Gasteiger charge is 2.12. The van der Waals surface area contributed by atoms with E-state index in [1.54, 1.807) is 6.34 Å². The van der Waals surface area contributed by atoms with Gasteiger partial charge in [0.1, 0.15) is 6.10 Å². The fraction of sp³-hybridized carbons (Fsp3) is 0.625. The summed E-state index contributed by atoms with van der Waals surface area (Å²) in [5.74, 6) is 0.577. The van der Waals surface area contributed by atoms with Crippen molar-refractivity contribution in [2.75, 3.05) is 26.8 Å². The molecule has 1 aromatic heterocycles. The molecule has 0 aliphatic rings. The molecule has 0 saturated heterocycles. The Balaban J connectivity index is 2.74. The molecule has 0 aliphatic carbocycles. The molecule has 0 bridgehead atoms. The van der Waals surface area contributed by atoms with Gasteiger partial charge < -0.3 is 14.4 Å². The van der Waals surface area contributed by atoms with Crippen LogP contribution in [0.1, 0.15) is 32.9 Å². The molecule has 6 heteroatoms. The van der Waals surface area contributed by atoms with Gasteiger partial charge in [0.15, 0.2) is 0 Å². The second kappa shape index (κ2) is 9.79. The monoisotopic (exact) mass is 371 g/mol. The highest BCUT2D eigenvalue weighted by Crippen LogP contribution is 2.30. The van der Waals surface area contributed by atoms with Gasteiger partial charge in [0.25, 0.3) is 0 Å². The first-order valence-electron chi connectivity index (χ1n) is 7.63. The number of aliphatic imine (C=N–C) groups is 1. The molecule has 0 aromatic carbocycles. The van der Waals surface area contributed by atoms with E-state index in [0.29, 0.717) is 12.5 Å². The Morgan fingerprint density at radius 3 is 2.82 bits per heavy atom. The number of pyridine rings is 1. The minimum atomic E-state index is -0.0460. The lowest BCUT2D eigenvalue weighted by molar-refractivity contribution is 0.0563. The van der Waals surface area contributed by atoms with E-state index < -0.39 is 0 Å². The zero-order valence-electron chi connectivity index (χ0n) is 14.1. The van der Waals surface area contributed by atoms with Gasteiger partial charge >= 0.3 is 0 Å².